The van der Waals surface area contributed by atoms with E-state index in [0.717, 1.165) is 29.8 Å². The lowest BCUT2D eigenvalue weighted by molar-refractivity contribution is -0.121. The topological polar surface area (TPSA) is 83.1 Å². The second-order valence-electron chi connectivity index (χ2n) is 7.16. The van der Waals surface area contributed by atoms with Crippen molar-refractivity contribution in [2.75, 3.05) is 0 Å². The van der Waals surface area contributed by atoms with Gasteiger partial charge in [0.15, 0.2) is 5.65 Å². The molecule has 0 spiro atoms. The number of amides is 1. The number of nitrogens with one attached hydrogen (secondary N) is 1. The molecule has 144 valence electrons. The average Bonchev–Trinajstić information content (AvgIpc) is 3.10. The van der Waals surface area contributed by atoms with E-state index >= 15 is 0 Å². The summed E-state index contributed by atoms with van der Waals surface area (Å²) in [6, 6.07) is 12.5. The van der Waals surface area contributed by atoms with Crippen LogP contribution in [0.25, 0.3) is 5.65 Å². The Morgan fingerprint density at radius 2 is 2.00 bits per heavy atom. The molecule has 3 aromatic rings. The lowest BCUT2D eigenvalue weighted by Crippen LogP contribution is -2.33. The zero-order valence-corrected chi connectivity index (χ0v) is 16.6. The van der Waals surface area contributed by atoms with Gasteiger partial charge in [-0.2, -0.15) is 10.4 Å². The second-order valence-corrected chi connectivity index (χ2v) is 7.16. The summed E-state index contributed by atoms with van der Waals surface area (Å²) in [5.74, 6) is 0.0395. The van der Waals surface area contributed by atoms with Crippen LogP contribution in [-0.2, 0) is 17.6 Å². The first kappa shape index (κ1) is 19.6. The van der Waals surface area contributed by atoms with E-state index in [1.54, 1.807) is 4.52 Å². The Hall–Kier alpha value is -3.20. The van der Waals surface area contributed by atoms with Crippen LogP contribution in [0, 0.1) is 25.2 Å². The van der Waals surface area contributed by atoms with Crippen LogP contribution in [-0.4, -0.2) is 26.5 Å². The maximum absolute atomic E-state index is 12.4. The van der Waals surface area contributed by atoms with Crippen LogP contribution in [0.3, 0.4) is 0 Å². The van der Waals surface area contributed by atoms with Crippen molar-refractivity contribution < 1.29 is 4.79 Å². The first-order valence-corrected chi connectivity index (χ1v) is 9.56. The molecular formula is C22H25N5O. The van der Waals surface area contributed by atoms with E-state index in [1.807, 2.05) is 39.0 Å². The zero-order valence-electron chi connectivity index (χ0n) is 16.6. The van der Waals surface area contributed by atoms with E-state index in [1.165, 1.54) is 11.8 Å². The first-order chi connectivity index (χ1) is 13.5. The third kappa shape index (κ3) is 4.37. The molecule has 0 fully saturated rings. The predicted molar refractivity (Wildman–Crippen MR) is 108 cm³/mol. The van der Waals surface area contributed by atoms with Crippen molar-refractivity contribution in [2.24, 2.45) is 0 Å². The van der Waals surface area contributed by atoms with Crippen molar-refractivity contribution >= 4 is 11.6 Å². The van der Waals surface area contributed by atoms with E-state index in [9.17, 15) is 4.79 Å². The lowest BCUT2D eigenvalue weighted by atomic mass is 10.0. The highest BCUT2D eigenvalue weighted by atomic mass is 16.1. The molecule has 2 heterocycles. The van der Waals surface area contributed by atoms with Gasteiger partial charge in [-0.3, -0.25) is 4.79 Å². The SMILES string of the molecule is Cc1nc2c(C#N)cnn2c(C)c1CCC(=O)NC(C)CCc1ccccc1. The number of nitrogens with zero attached hydrogens (tertiary/aromatic N) is 4. The lowest BCUT2D eigenvalue weighted by Gasteiger charge is -2.15. The molecule has 1 N–H and O–H groups in total. The molecule has 0 bridgehead atoms. The molecule has 0 aliphatic heterocycles. The largest absolute Gasteiger partial charge is 0.354 e. The smallest absolute Gasteiger partial charge is 0.220 e. The maximum atomic E-state index is 12.4. The fourth-order valence-corrected chi connectivity index (χ4v) is 3.44. The molecule has 1 atom stereocenters. The summed E-state index contributed by atoms with van der Waals surface area (Å²) in [6.07, 6.45) is 4.38. The van der Waals surface area contributed by atoms with Crippen LogP contribution >= 0.6 is 0 Å². The van der Waals surface area contributed by atoms with Crippen LogP contribution in [0.5, 0.6) is 0 Å². The Labute approximate surface area is 165 Å². The number of nitriles is 1. The Morgan fingerprint density at radius 1 is 1.25 bits per heavy atom. The van der Waals surface area contributed by atoms with E-state index in [4.69, 9.17) is 5.26 Å². The van der Waals surface area contributed by atoms with Gasteiger partial charge in [0.1, 0.15) is 11.6 Å². The molecule has 2 aromatic heterocycles. The van der Waals surface area contributed by atoms with Crippen molar-refractivity contribution in [1.82, 2.24) is 19.9 Å². The van der Waals surface area contributed by atoms with E-state index in [2.05, 4.69) is 33.6 Å². The monoisotopic (exact) mass is 375 g/mol. The van der Waals surface area contributed by atoms with Crippen molar-refractivity contribution in [1.29, 1.82) is 5.26 Å². The number of fused-ring (bicyclic) bond motifs is 1. The number of aromatic nitrogens is 3. The Balaban J connectivity index is 1.58. The number of carbonyl (C=O) groups is 1. The summed E-state index contributed by atoms with van der Waals surface area (Å²) in [7, 11) is 0. The normalized spacial score (nSPS) is 11.9. The molecule has 3 rings (SSSR count). The van der Waals surface area contributed by atoms with Gasteiger partial charge in [0.05, 0.1) is 6.20 Å². The van der Waals surface area contributed by atoms with Gasteiger partial charge in [-0.1, -0.05) is 30.3 Å². The summed E-state index contributed by atoms with van der Waals surface area (Å²) in [5.41, 5.74) is 5.08. The molecule has 6 heteroatoms. The van der Waals surface area contributed by atoms with Crippen LogP contribution in [0.4, 0.5) is 0 Å². The minimum absolute atomic E-state index is 0.0395. The molecular weight excluding hydrogens is 350 g/mol. The molecule has 6 nitrogen and oxygen atoms in total. The van der Waals surface area contributed by atoms with Gasteiger partial charge in [-0.05, 0) is 51.2 Å². The maximum Gasteiger partial charge on any atom is 0.220 e. The quantitative estimate of drug-likeness (QED) is 0.687. The number of hydrogen-bond donors (Lipinski definition) is 1. The van der Waals surface area contributed by atoms with Crippen LogP contribution in [0.15, 0.2) is 36.5 Å². The summed E-state index contributed by atoms with van der Waals surface area (Å²) >= 11 is 0. The highest BCUT2D eigenvalue weighted by Crippen LogP contribution is 2.18. The van der Waals surface area contributed by atoms with Gasteiger partial charge in [-0.15, -0.1) is 0 Å². The summed E-state index contributed by atoms with van der Waals surface area (Å²) in [6.45, 7) is 5.90. The van der Waals surface area contributed by atoms with Gasteiger partial charge in [0.25, 0.3) is 0 Å². The van der Waals surface area contributed by atoms with Gasteiger partial charge < -0.3 is 5.32 Å². The van der Waals surface area contributed by atoms with Gasteiger partial charge in [0, 0.05) is 23.9 Å². The van der Waals surface area contributed by atoms with E-state index in [-0.39, 0.29) is 11.9 Å². The van der Waals surface area contributed by atoms with Crippen LogP contribution < -0.4 is 5.32 Å². The number of rotatable bonds is 7. The molecule has 1 aromatic carbocycles. The molecule has 0 radical (unpaired) electrons. The minimum Gasteiger partial charge on any atom is -0.354 e. The molecule has 0 aliphatic rings. The molecule has 28 heavy (non-hydrogen) atoms. The third-order valence-electron chi connectivity index (χ3n) is 5.05. The van der Waals surface area contributed by atoms with Gasteiger partial charge in [-0.25, -0.2) is 9.50 Å². The van der Waals surface area contributed by atoms with E-state index < -0.39 is 0 Å². The highest BCUT2D eigenvalue weighted by Gasteiger charge is 2.15. The first-order valence-electron chi connectivity index (χ1n) is 9.56. The fraction of sp³-hybridized carbons (Fsp3) is 0.364. The van der Waals surface area contributed by atoms with Crippen molar-refractivity contribution in [3.05, 3.63) is 64.6 Å². The average molecular weight is 375 g/mol. The Morgan fingerprint density at radius 3 is 2.71 bits per heavy atom. The van der Waals surface area contributed by atoms with Gasteiger partial charge >= 0.3 is 0 Å². The van der Waals surface area contributed by atoms with Gasteiger partial charge in [0.2, 0.25) is 5.91 Å². The summed E-state index contributed by atoms with van der Waals surface area (Å²) < 4.78 is 1.68. The number of hydrogen-bond acceptors (Lipinski definition) is 4. The summed E-state index contributed by atoms with van der Waals surface area (Å²) in [4.78, 5) is 16.9. The van der Waals surface area contributed by atoms with Crippen molar-refractivity contribution in [3.8, 4) is 6.07 Å². The Kier molecular flexibility index (Phi) is 6.05. The molecule has 0 saturated carbocycles. The number of benzene rings is 1. The predicted octanol–water partition coefficient (Wildman–Crippen LogP) is 3.29. The highest BCUT2D eigenvalue weighted by molar-refractivity contribution is 5.76. The zero-order chi connectivity index (χ0) is 20.1. The van der Waals surface area contributed by atoms with Crippen molar-refractivity contribution in [3.63, 3.8) is 0 Å². The van der Waals surface area contributed by atoms with Crippen molar-refractivity contribution in [2.45, 2.75) is 52.5 Å². The number of carbonyl (C=O) groups excluding carboxylic acids is 1. The van der Waals surface area contributed by atoms with Crippen LogP contribution in [0.1, 0.15) is 47.8 Å². The minimum atomic E-state index is 0.0395. The number of aryl methyl sites for hydroxylation is 3. The molecule has 0 saturated heterocycles. The van der Waals surface area contributed by atoms with Crippen LogP contribution in [0.2, 0.25) is 0 Å². The standard InChI is InChI=1S/C22H25N5O/c1-15(9-10-18-7-5-4-6-8-18)25-21(28)12-11-20-16(2)26-22-19(13-23)14-24-27(22)17(20)3/h4-8,14-15H,9-12H2,1-3H3,(H,25,28). The Bertz CT molecular complexity index is 1020. The van der Waals surface area contributed by atoms with E-state index in [0.29, 0.717) is 24.1 Å². The fourth-order valence-electron chi connectivity index (χ4n) is 3.44. The molecule has 1 amide bonds. The summed E-state index contributed by atoms with van der Waals surface area (Å²) in [5, 5.41) is 16.5. The third-order valence-corrected chi connectivity index (χ3v) is 5.05. The second kappa shape index (κ2) is 8.66. The molecule has 0 aliphatic carbocycles. The molecule has 1 unspecified atom stereocenters.